The van der Waals surface area contributed by atoms with Crippen molar-refractivity contribution >= 4 is 22.4 Å². The molecule has 1 aromatic carbocycles. The third kappa shape index (κ3) is 3.29. The molecule has 0 saturated carbocycles. The second kappa shape index (κ2) is 5.79. The quantitative estimate of drug-likeness (QED) is 0.808. The highest BCUT2D eigenvalue weighted by Crippen LogP contribution is 2.21. The fraction of sp³-hybridized carbons (Fsp3) is 0.231. The van der Waals surface area contributed by atoms with Crippen LogP contribution in [-0.4, -0.2) is 25.1 Å². The minimum Gasteiger partial charge on any atom is -0.464 e. The van der Waals surface area contributed by atoms with Crippen LogP contribution < -0.4 is 4.90 Å². The number of benzene rings is 1. The highest BCUT2D eigenvalue weighted by atomic mass is 32.1. The number of anilines is 1. The number of aromatic nitrogens is 1. The van der Waals surface area contributed by atoms with Crippen molar-refractivity contribution in [3.8, 4) is 0 Å². The van der Waals surface area contributed by atoms with E-state index < -0.39 is 5.97 Å². The summed E-state index contributed by atoms with van der Waals surface area (Å²) in [6.45, 7) is 0.520. The van der Waals surface area contributed by atoms with Gasteiger partial charge < -0.3 is 9.64 Å². The number of hydrogen-bond acceptors (Lipinski definition) is 5. The standard InChI is InChI=1S/C13H13FN2O2S/c1-16(7-9-4-3-5-10(14)6-9)13-15-11(8-19-13)12(17)18-2/h3-6,8H,7H2,1-2H3. The van der Waals surface area contributed by atoms with Gasteiger partial charge in [-0.1, -0.05) is 12.1 Å². The molecule has 0 atom stereocenters. The number of halogens is 1. The summed E-state index contributed by atoms with van der Waals surface area (Å²) in [5.41, 5.74) is 1.13. The number of thiazole rings is 1. The Morgan fingerprint density at radius 1 is 1.53 bits per heavy atom. The lowest BCUT2D eigenvalue weighted by Gasteiger charge is -2.15. The summed E-state index contributed by atoms with van der Waals surface area (Å²) in [5, 5.41) is 2.33. The first kappa shape index (κ1) is 13.5. The molecule has 19 heavy (non-hydrogen) atoms. The molecule has 0 unspecified atom stereocenters. The summed E-state index contributed by atoms with van der Waals surface area (Å²) in [6.07, 6.45) is 0. The Kier molecular flexibility index (Phi) is 4.11. The van der Waals surface area contributed by atoms with Crippen LogP contribution in [0.1, 0.15) is 16.1 Å². The summed E-state index contributed by atoms with van der Waals surface area (Å²) >= 11 is 1.35. The van der Waals surface area contributed by atoms with Crippen LogP contribution in [0.4, 0.5) is 9.52 Å². The molecular weight excluding hydrogens is 267 g/mol. The average molecular weight is 280 g/mol. The number of rotatable bonds is 4. The summed E-state index contributed by atoms with van der Waals surface area (Å²) in [6, 6.07) is 6.39. The Hall–Kier alpha value is -1.95. The molecule has 0 aliphatic carbocycles. The first-order valence-electron chi connectivity index (χ1n) is 5.59. The van der Waals surface area contributed by atoms with Gasteiger partial charge in [-0.05, 0) is 17.7 Å². The maximum absolute atomic E-state index is 13.1. The Morgan fingerprint density at radius 3 is 3.00 bits per heavy atom. The number of hydrogen-bond donors (Lipinski definition) is 0. The van der Waals surface area contributed by atoms with Crippen molar-refractivity contribution in [2.24, 2.45) is 0 Å². The van der Waals surface area contributed by atoms with Gasteiger partial charge in [-0.3, -0.25) is 0 Å². The SMILES string of the molecule is COC(=O)c1csc(N(C)Cc2cccc(F)c2)n1. The van der Waals surface area contributed by atoms with Gasteiger partial charge in [0.25, 0.3) is 0 Å². The van der Waals surface area contributed by atoms with Crippen LogP contribution >= 0.6 is 11.3 Å². The van der Waals surface area contributed by atoms with E-state index in [9.17, 15) is 9.18 Å². The zero-order valence-electron chi connectivity index (χ0n) is 10.6. The predicted octanol–water partition coefficient (Wildman–Crippen LogP) is 2.71. The van der Waals surface area contributed by atoms with Gasteiger partial charge in [-0.2, -0.15) is 0 Å². The molecule has 2 aromatic rings. The van der Waals surface area contributed by atoms with Crippen LogP contribution in [0.3, 0.4) is 0 Å². The second-order valence-corrected chi connectivity index (χ2v) is 4.83. The third-order valence-electron chi connectivity index (χ3n) is 2.52. The molecule has 2 rings (SSSR count). The van der Waals surface area contributed by atoms with E-state index in [1.54, 1.807) is 11.4 Å². The zero-order chi connectivity index (χ0) is 13.8. The van der Waals surface area contributed by atoms with E-state index in [2.05, 4.69) is 9.72 Å². The summed E-state index contributed by atoms with van der Waals surface area (Å²) in [5.74, 6) is -0.720. The van der Waals surface area contributed by atoms with Gasteiger partial charge in [-0.15, -0.1) is 11.3 Å². The lowest BCUT2D eigenvalue weighted by molar-refractivity contribution is 0.0595. The van der Waals surface area contributed by atoms with E-state index in [1.165, 1.54) is 30.6 Å². The predicted molar refractivity (Wildman–Crippen MR) is 72.0 cm³/mol. The van der Waals surface area contributed by atoms with Crippen LogP contribution in [0.2, 0.25) is 0 Å². The molecular formula is C13H13FN2O2S. The zero-order valence-corrected chi connectivity index (χ0v) is 11.4. The van der Waals surface area contributed by atoms with Gasteiger partial charge in [-0.25, -0.2) is 14.2 Å². The van der Waals surface area contributed by atoms with Crippen molar-refractivity contribution in [2.45, 2.75) is 6.54 Å². The lowest BCUT2D eigenvalue weighted by atomic mass is 10.2. The number of carbonyl (C=O) groups excluding carboxylic acids is 1. The van der Waals surface area contributed by atoms with Crippen molar-refractivity contribution in [2.75, 3.05) is 19.1 Å². The van der Waals surface area contributed by atoms with Crippen molar-refractivity contribution in [1.29, 1.82) is 0 Å². The Bertz CT molecular complexity index is 586. The highest BCUT2D eigenvalue weighted by molar-refractivity contribution is 7.13. The minimum absolute atomic E-state index is 0.264. The van der Waals surface area contributed by atoms with Crippen LogP contribution in [0.25, 0.3) is 0 Å². The first-order chi connectivity index (χ1) is 9.10. The molecule has 0 spiro atoms. The Balaban J connectivity index is 2.09. The van der Waals surface area contributed by atoms with Crippen LogP contribution in [0.5, 0.6) is 0 Å². The third-order valence-corrected chi connectivity index (χ3v) is 3.48. The normalized spacial score (nSPS) is 10.3. The topological polar surface area (TPSA) is 42.4 Å². The van der Waals surface area contributed by atoms with Gasteiger partial charge in [0.05, 0.1) is 7.11 Å². The number of carbonyl (C=O) groups is 1. The second-order valence-electron chi connectivity index (χ2n) is 3.99. The molecule has 0 radical (unpaired) electrons. The highest BCUT2D eigenvalue weighted by Gasteiger charge is 2.13. The van der Waals surface area contributed by atoms with E-state index in [0.717, 1.165) is 5.56 Å². The molecule has 0 saturated heterocycles. The molecule has 0 amide bonds. The first-order valence-corrected chi connectivity index (χ1v) is 6.47. The molecule has 6 heteroatoms. The van der Waals surface area contributed by atoms with Gasteiger partial charge in [0.2, 0.25) is 0 Å². The number of methoxy groups -OCH3 is 1. The van der Waals surface area contributed by atoms with Gasteiger partial charge >= 0.3 is 5.97 Å². The Labute approximate surface area is 114 Å². The van der Waals surface area contributed by atoms with Crippen LogP contribution in [0.15, 0.2) is 29.6 Å². The van der Waals surface area contributed by atoms with Gasteiger partial charge in [0.1, 0.15) is 5.82 Å². The maximum atomic E-state index is 13.1. The number of esters is 1. The smallest absolute Gasteiger partial charge is 0.357 e. The van der Waals surface area contributed by atoms with Crippen molar-refractivity contribution in [3.05, 3.63) is 46.7 Å². The monoisotopic (exact) mass is 280 g/mol. The number of ether oxygens (including phenoxy) is 1. The lowest BCUT2D eigenvalue weighted by Crippen LogP contribution is -2.16. The minimum atomic E-state index is -0.457. The van der Waals surface area contributed by atoms with Crippen LogP contribution in [0, 0.1) is 5.82 Å². The molecule has 1 aromatic heterocycles. The van der Waals surface area contributed by atoms with Gasteiger partial charge in [0.15, 0.2) is 10.8 Å². The number of nitrogens with zero attached hydrogens (tertiary/aromatic N) is 2. The van der Waals surface area contributed by atoms with E-state index in [0.29, 0.717) is 11.7 Å². The largest absolute Gasteiger partial charge is 0.464 e. The van der Waals surface area contributed by atoms with E-state index in [-0.39, 0.29) is 11.5 Å². The summed E-state index contributed by atoms with van der Waals surface area (Å²) in [4.78, 5) is 17.3. The molecule has 1 heterocycles. The van der Waals surface area contributed by atoms with Crippen LogP contribution in [-0.2, 0) is 11.3 Å². The van der Waals surface area contributed by atoms with Crippen molar-refractivity contribution in [1.82, 2.24) is 4.98 Å². The molecule has 0 N–H and O–H groups in total. The molecule has 0 aliphatic heterocycles. The molecule has 4 nitrogen and oxygen atoms in total. The van der Waals surface area contributed by atoms with Gasteiger partial charge in [0, 0.05) is 19.0 Å². The maximum Gasteiger partial charge on any atom is 0.357 e. The van der Waals surface area contributed by atoms with Crippen molar-refractivity contribution < 1.29 is 13.9 Å². The van der Waals surface area contributed by atoms with E-state index >= 15 is 0 Å². The fourth-order valence-electron chi connectivity index (χ4n) is 1.61. The Morgan fingerprint density at radius 2 is 2.32 bits per heavy atom. The summed E-state index contributed by atoms with van der Waals surface area (Å²) in [7, 11) is 3.16. The molecule has 0 bridgehead atoms. The van der Waals surface area contributed by atoms with E-state index in [4.69, 9.17) is 0 Å². The van der Waals surface area contributed by atoms with E-state index in [1.807, 2.05) is 18.0 Å². The molecule has 0 aliphatic rings. The molecule has 100 valence electrons. The average Bonchev–Trinajstić information content (AvgIpc) is 2.87. The fourth-order valence-corrected chi connectivity index (χ4v) is 2.38. The summed E-state index contributed by atoms with van der Waals surface area (Å²) < 4.78 is 17.7. The molecule has 0 fully saturated rings. The van der Waals surface area contributed by atoms with Crippen molar-refractivity contribution in [3.63, 3.8) is 0 Å².